The molecule has 1 heterocycles. The maximum Gasteiger partial charge on any atom is 0.251 e. The lowest BCUT2D eigenvalue weighted by Crippen LogP contribution is -2.38. The Morgan fingerprint density at radius 1 is 1.00 bits per heavy atom. The van der Waals surface area contributed by atoms with E-state index in [0.717, 1.165) is 17.7 Å². The number of amides is 2. The number of halogens is 1. The average molecular weight is 448 g/mol. The van der Waals surface area contributed by atoms with Crippen molar-refractivity contribution < 1.29 is 22.4 Å². The van der Waals surface area contributed by atoms with Gasteiger partial charge >= 0.3 is 0 Å². The van der Waals surface area contributed by atoms with Crippen LogP contribution in [0.2, 0.25) is 0 Å². The van der Waals surface area contributed by atoms with Crippen molar-refractivity contribution in [1.82, 2.24) is 14.5 Å². The zero-order chi connectivity index (χ0) is 22.4. The van der Waals surface area contributed by atoms with Crippen LogP contribution in [0.3, 0.4) is 0 Å². The highest BCUT2D eigenvalue weighted by atomic mass is 32.2. The topological polar surface area (TPSA) is 86.8 Å². The molecule has 7 nitrogen and oxygen atoms in total. The van der Waals surface area contributed by atoms with E-state index in [0.29, 0.717) is 18.5 Å². The zero-order valence-corrected chi connectivity index (χ0v) is 18.2. The molecule has 1 aliphatic heterocycles. The predicted molar refractivity (Wildman–Crippen MR) is 114 cm³/mol. The van der Waals surface area contributed by atoms with E-state index in [-0.39, 0.29) is 49.3 Å². The molecule has 31 heavy (non-hydrogen) atoms. The van der Waals surface area contributed by atoms with Crippen molar-refractivity contribution in [2.75, 3.05) is 32.7 Å². The molecule has 1 aliphatic rings. The molecule has 0 spiro atoms. The van der Waals surface area contributed by atoms with Crippen molar-refractivity contribution >= 4 is 21.8 Å². The molecule has 0 aliphatic carbocycles. The fourth-order valence-corrected chi connectivity index (χ4v) is 4.97. The summed E-state index contributed by atoms with van der Waals surface area (Å²) < 4.78 is 40.0. The summed E-state index contributed by atoms with van der Waals surface area (Å²) >= 11 is 0. The van der Waals surface area contributed by atoms with Gasteiger partial charge in [0.1, 0.15) is 5.82 Å². The molecule has 0 bridgehead atoms. The highest BCUT2D eigenvalue weighted by Crippen LogP contribution is 2.18. The fourth-order valence-electron chi connectivity index (χ4n) is 3.50. The molecule has 2 aromatic rings. The Balaban J connectivity index is 1.52. The number of carbonyl (C=O) groups excluding carboxylic acids is 2. The van der Waals surface area contributed by atoms with E-state index < -0.39 is 15.8 Å². The molecule has 3 rings (SSSR count). The molecule has 0 atom stereocenters. The van der Waals surface area contributed by atoms with Gasteiger partial charge in [-0.1, -0.05) is 18.2 Å². The third kappa shape index (κ3) is 5.68. The second-order valence-electron chi connectivity index (χ2n) is 7.41. The van der Waals surface area contributed by atoms with Gasteiger partial charge in [-0.05, 0) is 49.2 Å². The largest absolute Gasteiger partial charge is 0.352 e. The second-order valence-corrected chi connectivity index (χ2v) is 9.35. The molecule has 1 N–H and O–H groups in total. The summed E-state index contributed by atoms with van der Waals surface area (Å²) in [6, 6.07) is 12.0. The maximum atomic E-state index is 13.1. The van der Waals surface area contributed by atoms with E-state index in [1.807, 2.05) is 19.1 Å². The van der Waals surface area contributed by atoms with Crippen LogP contribution in [0, 0.1) is 12.7 Å². The van der Waals surface area contributed by atoms with E-state index in [1.165, 1.54) is 16.4 Å². The van der Waals surface area contributed by atoms with E-state index in [1.54, 1.807) is 17.0 Å². The first-order valence-corrected chi connectivity index (χ1v) is 11.6. The van der Waals surface area contributed by atoms with Gasteiger partial charge in [0.15, 0.2) is 0 Å². The second kappa shape index (κ2) is 10.0. The molecule has 1 fully saturated rings. The molecular weight excluding hydrogens is 421 g/mol. The quantitative estimate of drug-likeness (QED) is 0.735. The van der Waals surface area contributed by atoms with Gasteiger partial charge in [0.2, 0.25) is 15.9 Å². The van der Waals surface area contributed by atoms with Crippen LogP contribution in [-0.4, -0.2) is 62.2 Å². The summed E-state index contributed by atoms with van der Waals surface area (Å²) in [7, 11) is -3.74. The van der Waals surface area contributed by atoms with E-state index in [4.69, 9.17) is 0 Å². The lowest BCUT2D eigenvalue weighted by molar-refractivity contribution is -0.130. The number of nitrogens with zero attached hydrogens (tertiary/aromatic N) is 2. The summed E-state index contributed by atoms with van der Waals surface area (Å²) in [5.41, 5.74) is 1.44. The predicted octanol–water partition coefficient (Wildman–Crippen LogP) is 2.18. The van der Waals surface area contributed by atoms with Crippen LogP contribution in [0.4, 0.5) is 4.39 Å². The number of carbonyl (C=O) groups is 2. The van der Waals surface area contributed by atoms with Gasteiger partial charge in [-0.25, -0.2) is 12.8 Å². The number of sulfonamides is 1. The third-order valence-electron chi connectivity index (χ3n) is 5.27. The summed E-state index contributed by atoms with van der Waals surface area (Å²) in [5.74, 6) is -0.856. The minimum Gasteiger partial charge on any atom is -0.352 e. The Morgan fingerprint density at radius 2 is 1.71 bits per heavy atom. The number of rotatable bonds is 6. The molecule has 2 amide bonds. The number of benzene rings is 2. The summed E-state index contributed by atoms with van der Waals surface area (Å²) in [5, 5.41) is 2.76. The highest BCUT2D eigenvalue weighted by molar-refractivity contribution is 7.89. The van der Waals surface area contributed by atoms with Gasteiger partial charge in [0.05, 0.1) is 4.90 Å². The van der Waals surface area contributed by atoms with Crippen molar-refractivity contribution in [3.8, 4) is 0 Å². The van der Waals surface area contributed by atoms with Crippen molar-refractivity contribution in [1.29, 1.82) is 0 Å². The van der Waals surface area contributed by atoms with Crippen LogP contribution >= 0.6 is 0 Å². The van der Waals surface area contributed by atoms with Crippen molar-refractivity contribution in [3.05, 3.63) is 65.5 Å². The first-order chi connectivity index (χ1) is 14.8. The van der Waals surface area contributed by atoms with Gasteiger partial charge < -0.3 is 10.2 Å². The van der Waals surface area contributed by atoms with Gasteiger partial charge in [-0.2, -0.15) is 4.31 Å². The molecule has 0 radical (unpaired) electrons. The van der Waals surface area contributed by atoms with Crippen LogP contribution in [-0.2, 0) is 14.8 Å². The van der Waals surface area contributed by atoms with Gasteiger partial charge in [-0.15, -0.1) is 0 Å². The van der Waals surface area contributed by atoms with Crippen molar-refractivity contribution in [3.63, 3.8) is 0 Å². The normalized spacial score (nSPS) is 15.4. The number of aryl methyl sites for hydroxylation is 1. The minimum absolute atomic E-state index is 0.0348. The van der Waals surface area contributed by atoms with Gasteiger partial charge in [0.25, 0.3) is 5.91 Å². The zero-order valence-electron chi connectivity index (χ0n) is 17.4. The molecule has 0 saturated carbocycles. The van der Waals surface area contributed by atoms with Crippen LogP contribution in [0.15, 0.2) is 53.4 Å². The Morgan fingerprint density at radius 3 is 2.42 bits per heavy atom. The first-order valence-electron chi connectivity index (χ1n) is 10.2. The Hall–Kier alpha value is -2.78. The van der Waals surface area contributed by atoms with Crippen molar-refractivity contribution in [2.45, 2.75) is 24.7 Å². The number of hydrogen-bond donors (Lipinski definition) is 1. The van der Waals surface area contributed by atoms with Gasteiger partial charge in [-0.3, -0.25) is 9.59 Å². The summed E-state index contributed by atoms with van der Waals surface area (Å²) in [4.78, 5) is 26.5. The smallest absolute Gasteiger partial charge is 0.251 e. The SMILES string of the molecule is Cc1ccccc1C(=O)NCCC(=O)N1CCCN(S(=O)(=O)c2ccc(F)cc2)CC1. The Kier molecular flexibility index (Phi) is 7.40. The lowest BCUT2D eigenvalue weighted by atomic mass is 10.1. The number of hydrogen-bond acceptors (Lipinski definition) is 4. The van der Waals surface area contributed by atoms with E-state index in [2.05, 4.69) is 5.32 Å². The third-order valence-corrected chi connectivity index (χ3v) is 7.19. The van der Waals surface area contributed by atoms with Crippen LogP contribution < -0.4 is 5.32 Å². The molecule has 0 unspecified atom stereocenters. The van der Waals surface area contributed by atoms with E-state index in [9.17, 15) is 22.4 Å². The first kappa shape index (κ1) is 22.9. The van der Waals surface area contributed by atoms with Crippen LogP contribution in [0.1, 0.15) is 28.8 Å². The van der Waals surface area contributed by atoms with E-state index >= 15 is 0 Å². The standard InChI is InChI=1S/C22H26FN3O4S/c1-17-5-2-3-6-20(17)22(28)24-12-11-21(27)25-13-4-14-26(16-15-25)31(29,30)19-9-7-18(23)8-10-19/h2-3,5-10H,4,11-16H2,1H3,(H,24,28). The number of nitrogens with one attached hydrogen (secondary N) is 1. The van der Waals surface area contributed by atoms with Gasteiger partial charge in [0, 0.05) is 44.7 Å². The summed E-state index contributed by atoms with van der Waals surface area (Å²) in [6.07, 6.45) is 0.643. The molecule has 0 aromatic heterocycles. The van der Waals surface area contributed by atoms with Crippen LogP contribution in [0.25, 0.3) is 0 Å². The van der Waals surface area contributed by atoms with Crippen LogP contribution in [0.5, 0.6) is 0 Å². The maximum absolute atomic E-state index is 13.1. The lowest BCUT2D eigenvalue weighted by Gasteiger charge is -2.22. The molecule has 1 saturated heterocycles. The van der Waals surface area contributed by atoms with Crippen molar-refractivity contribution in [2.24, 2.45) is 0 Å². The minimum atomic E-state index is -3.74. The molecular formula is C22H26FN3O4S. The monoisotopic (exact) mass is 447 g/mol. The highest BCUT2D eigenvalue weighted by Gasteiger charge is 2.28. The summed E-state index contributed by atoms with van der Waals surface area (Å²) in [6.45, 7) is 3.22. The Labute approximate surface area is 181 Å². The molecule has 9 heteroatoms. The fraction of sp³-hybridized carbons (Fsp3) is 0.364. The molecule has 2 aromatic carbocycles. The average Bonchev–Trinajstić information content (AvgIpc) is 3.01. The Bertz CT molecular complexity index is 1040. The molecule has 166 valence electrons.